The summed E-state index contributed by atoms with van der Waals surface area (Å²) in [6, 6.07) is 3.27. The molecule has 0 aliphatic carbocycles. The zero-order valence-corrected chi connectivity index (χ0v) is 6.97. The molecule has 0 saturated heterocycles. The van der Waals surface area contributed by atoms with Crippen LogP contribution in [0.25, 0.3) is 11.2 Å². The van der Waals surface area contributed by atoms with Gasteiger partial charge in [-0.05, 0) is 12.1 Å². The minimum atomic E-state index is -4.24. The lowest BCUT2D eigenvalue weighted by molar-refractivity contribution is -0.128. The summed E-state index contributed by atoms with van der Waals surface area (Å²) in [4.78, 5) is 10.1. The van der Waals surface area contributed by atoms with Crippen molar-refractivity contribution in [2.45, 2.75) is 12.6 Å². The summed E-state index contributed by atoms with van der Waals surface area (Å²) in [6.45, 7) is 0. The lowest BCUT2D eigenvalue weighted by Crippen LogP contribution is -2.12. The number of nitrogens with one attached hydrogen (secondary N) is 1. The Morgan fingerprint density at radius 3 is 2.79 bits per heavy atom. The molecule has 2 aromatic heterocycles. The molecule has 0 bridgehead atoms. The monoisotopic (exact) mass is 201 g/mol. The number of alkyl halides is 3. The van der Waals surface area contributed by atoms with E-state index < -0.39 is 12.6 Å². The molecule has 0 atom stereocenters. The van der Waals surface area contributed by atoms with Crippen LogP contribution in [-0.4, -0.2) is 21.1 Å². The number of aromatic nitrogens is 3. The Hall–Kier alpha value is -1.59. The van der Waals surface area contributed by atoms with E-state index in [-0.39, 0.29) is 5.82 Å². The largest absolute Gasteiger partial charge is 0.396 e. The molecule has 2 heterocycles. The van der Waals surface area contributed by atoms with Gasteiger partial charge in [-0.3, -0.25) is 0 Å². The maximum absolute atomic E-state index is 12.0. The van der Waals surface area contributed by atoms with Crippen molar-refractivity contribution in [2.75, 3.05) is 0 Å². The van der Waals surface area contributed by atoms with Gasteiger partial charge in [0.15, 0.2) is 5.65 Å². The molecule has 0 spiro atoms. The van der Waals surface area contributed by atoms with Crippen molar-refractivity contribution in [1.29, 1.82) is 0 Å². The first-order valence-electron chi connectivity index (χ1n) is 3.91. The van der Waals surface area contributed by atoms with Gasteiger partial charge in [0.25, 0.3) is 0 Å². The predicted molar refractivity (Wildman–Crippen MR) is 43.6 cm³/mol. The smallest absolute Gasteiger partial charge is 0.340 e. The van der Waals surface area contributed by atoms with Crippen molar-refractivity contribution in [3.63, 3.8) is 0 Å². The van der Waals surface area contributed by atoms with Gasteiger partial charge in [0.05, 0.1) is 5.52 Å². The quantitative estimate of drug-likeness (QED) is 0.767. The molecule has 0 fully saturated rings. The van der Waals surface area contributed by atoms with E-state index in [1.807, 2.05) is 0 Å². The number of hydrogen-bond acceptors (Lipinski definition) is 2. The molecule has 0 aromatic carbocycles. The second kappa shape index (κ2) is 2.97. The van der Waals surface area contributed by atoms with Crippen LogP contribution < -0.4 is 0 Å². The summed E-state index contributed by atoms with van der Waals surface area (Å²) in [6.07, 6.45) is -3.81. The third-order valence-corrected chi connectivity index (χ3v) is 1.67. The molecule has 14 heavy (non-hydrogen) atoms. The lowest BCUT2D eigenvalue weighted by atomic mass is 10.4. The third kappa shape index (κ3) is 1.84. The number of hydrogen-bond donors (Lipinski definition) is 1. The molecule has 2 rings (SSSR count). The van der Waals surface area contributed by atoms with Crippen molar-refractivity contribution >= 4 is 11.2 Å². The summed E-state index contributed by atoms with van der Waals surface area (Å²) >= 11 is 0. The van der Waals surface area contributed by atoms with E-state index in [0.717, 1.165) is 0 Å². The van der Waals surface area contributed by atoms with Crippen LogP contribution >= 0.6 is 0 Å². The van der Waals surface area contributed by atoms with E-state index >= 15 is 0 Å². The highest BCUT2D eigenvalue weighted by molar-refractivity contribution is 5.69. The first-order chi connectivity index (χ1) is 6.54. The minimum absolute atomic E-state index is 0.105. The molecule has 0 saturated carbocycles. The normalized spacial score (nSPS) is 12.2. The van der Waals surface area contributed by atoms with Gasteiger partial charge in [-0.25, -0.2) is 9.97 Å². The highest BCUT2D eigenvalue weighted by atomic mass is 19.4. The van der Waals surface area contributed by atoms with Gasteiger partial charge in [-0.15, -0.1) is 0 Å². The number of rotatable bonds is 1. The Bertz CT molecular complexity index is 413. The van der Waals surface area contributed by atoms with E-state index in [4.69, 9.17) is 0 Å². The molecule has 6 heteroatoms. The summed E-state index contributed by atoms with van der Waals surface area (Å²) in [7, 11) is 0. The van der Waals surface area contributed by atoms with Gasteiger partial charge in [-0.1, -0.05) is 0 Å². The second-order valence-corrected chi connectivity index (χ2v) is 2.85. The lowest BCUT2D eigenvalue weighted by Gasteiger charge is -2.01. The Balaban J connectivity index is 2.36. The van der Waals surface area contributed by atoms with Crippen molar-refractivity contribution in [3.05, 3.63) is 24.2 Å². The van der Waals surface area contributed by atoms with Gasteiger partial charge < -0.3 is 4.98 Å². The fourth-order valence-electron chi connectivity index (χ4n) is 1.17. The van der Waals surface area contributed by atoms with Gasteiger partial charge in [0.2, 0.25) is 0 Å². The number of fused-ring (bicyclic) bond motifs is 1. The van der Waals surface area contributed by atoms with Crippen LogP contribution in [0.15, 0.2) is 18.3 Å². The maximum Gasteiger partial charge on any atom is 0.396 e. The Labute approximate surface area is 77.0 Å². The topological polar surface area (TPSA) is 41.6 Å². The van der Waals surface area contributed by atoms with Crippen LogP contribution in [0, 0.1) is 0 Å². The SMILES string of the molecule is FC(F)(F)Cc1nc2ncccc2[nH]1. The summed E-state index contributed by atoms with van der Waals surface area (Å²) in [5.74, 6) is -0.105. The van der Waals surface area contributed by atoms with Crippen molar-refractivity contribution in [2.24, 2.45) is 0 Å². The van der Waals surface area contributed by atoms with Crippen LogP contribution in [0.1, 0.15) is 5.82 Å². The van der Waals surface area contributed by atoms with Crippen molar-refractivity contribution in [3.8, 4) is 0 Å². The molecular weight excluding hydrogens is 195 g/mol. The van der Waals surface area contributed by atoms with Crippen molar-refractivity contribution in [1.82, 2.24) is 15.0 Å². The third-order valence-electron chi connectivity index (χ3n) is 1.67. The molecule has 74 valence electrons. The number of nitrogens with zero attached hydrogens (tertiary/aromatic N) is 2. The summed E-state index contributed by atoms with van der Waals surface area (Å²) in [5, 5.41) is 0. The van der Waals surface area contributed by atoms with E-state index in [1.165, 1.54) is 6.20 Å². The van der Waals surface area contributed by atoms with Gasteiger partial charge >= 0.3 is 6.18 Å². The number of imidazole rings is 1. The molecule has 0 amide bonds. The highest BCUT2D eigenvalue weighted by Crippen LogP contribution is 2.20. The first kappa shape index (κ1) is 8.98. The van der Waals surface area contributed by atoms with Gasteiger partial charge in [0.1, 0.15) is 12.2 Å². The number of aromatic amines is 1. The molecule has 1 N–H and O–H groups in total. The number of H-pyrrole nitrogens is 1. The van der Waals surface area contributed by atoms with Crippen LogP contribution in [0.5, 0.6) is 0 Å². The summed E-state index contributed by atoms with van der Waals surface area (Å²) in [5.41, 5.74) is 0.832. The molecule has 0 aliphatic heterocycles. The first-order valence-corrected chi connectivity index (χ1v) is 3.91. The molecule has 0 unspecified atom stereocenters. The van der Waals surface area contributed by atoms with E-state index in [2.05, 4.69) is 15.0 Å². The number of pyridine rings is 1. The van der Waals surface area contributed by atoms with E-state index in [0.29, 0.717) is 11.2 Å². The Morgan fingerprint density at radius 1 is 1.36 bits per heavy atom. The molecule has 0 radical (unpaired) electrons. The summed E-state index contributed by atoms with van der Waals surface area (Å²) < 4.78 is 36.0. The second-order valence-electron chi connectivity index (χ2n) is 2.85. The highest BCUT2D eigenvalue weighted by Gasteiger charge is 2.29. The average molecular weight is 201 g/mol. The predicted octanol–water partition coefficient (Wildman–Crippen LogP) is 2.06. The maximum atomic E-state index is 12.0. The Morgan fingerprint density at radius 2 is 2.14 bits per heavy atom. The van der Waals surface area contributed by atoms with Gasteiger partial charge in [-0.2, -0.15) is 13.2 Å². The average Bonchev–Trinajstić information content (AvgIpc) is 2.42. The minimum Gasteiger partial charge on any atom is -0.340 e. The standard InChI is InChI=1S/C8H6F3N3/c9-8(10,11)4-6-13-5-2-1-3-12-7(5)14-6/h1-3H,4H2,(H,12,13,14). The molecule has 2 aromatic rings. The zero-order valence-electron chi connectivity index (χ0n) is 6.97. The van der Waals surface area contributed by atoms with Crippen LogP contribution in [0.4, 0.5) is 13.2 Å². The van der Waals surface area contributed by atoms with Crippen molar-refractivity contribution < 1.29 is 13.2 Å². The number of halogens is 3. The van der Waals surface area contributed by atoms with Crippen LogP contribution in [-0.2, 0) is 6.42 Å². The van der Waals surface area contributed by atoms with E-state index in [9.17, 15) is 13.2 Å². The fraction of sp³-hybridized carbons (Fsp3) is 0.250. The van der Waals surface area contributed by atoms with Gasteiger partial charge in [0, 0.05) is 6.20 Å². The molecule has 3 nitrogen and oxygen atoms in total. The molecular formula is C8H6F3N3. The zero-order chi connectivity index (χ0) is 10.2. The molecule has 0 aliphatic rings. The van der Waals surface area contributed by atoms with Crippen LogP contribution in [0.3, 0.4) is 0 Å². The Kier molecular flexibility index (Phi) is 1.90. The fourth-order valence-corrected chi connectivity index (χ4v) is 1.17. The van der Waals surface area contributed by atoms with E-state index in [1.54, 1.807) is 12.1 Å². The van der Waals surface area contributed by atoms with Crippen LogP contribution in [0.2, 0.25) is 0 Å².